The first kappa shape index (κ1) is 129. The molecule has 838 valence electrons. The van der Waals surface area contributed by atoms with Crippen molar-refractivity contribution < 1.29 is 346 Å². The molecule has 80 heteroatoms. The number of carbonyl (C=O) groups excluding carboxylic acids is 5. The fourth-order valence-corrected chi connectivity index (χ4v) is 10.0. The molecule has 0 fully saturated rings. The van der Waals surface area contributed by atoms with Crippen LogP contribution in [0.1, 0.15) is 83.0 Å². The molecule has 3 aromatic carbocycles. The fraction of sp³-hybridized carbons (Fsp3) is 0.646. The van der Waals surface area contributed by atoms with Gasteiger partial charge in [0, 0.05) is 28.9 Å². The second-order valence-electron chi connectivity index (χ2n) is 28.6. The lowest BCUT2D eigenvalue weighted by atomic mass is 9.88. The number of alkyl halides is 68. The first-order valence-electron chi connectivity index (χ1n) is 34.8. The van der Waals surface area contributed by atoms with Crippen molar-refractivity contribution in [2.45, 2.75) is 223 Å². The van der Waals surface area contributed by atoms with Crippen molar-refractivity contribution >= 4 is 41.1 Å². The number of rotatable bonds is 47. The van der Waals surface area contributed by atoms with Gasteiger partial charge in [-0.25, -0.2) is 14.4 Å². The zero-order chi connectivity index (χ0) is 116. The van der Waals surface area contributed by atoms with Gasteiger partial charge < -0.3 is 34.3 Å². The lowest BCUT2D eigenvalue weighted by Crippen LogP contribution is -2.74. The van der Waals surface area contributed by atoms with Crippen molar-refractivity contribution in [3.8, 4) is 0 Å². The predicted octanol–water partition coefficient (Wildman–Crippen LogP) is 26.8. The molecule has 0 aliphatic heterocycles. The highest BCUT2D eigenvalue weighted by Crippen LogP contribution is 2.71. The topological polar surface area (TPSA) is 156 Å². The molecule has 0 aromatic heterocycles. The van der Waals surface area contributed by atoms with Crippen molar-refractivity contribution in [2.24, 2.45) is 0 Å². The Hall–Kier alpha value is -9.83. The average molecular weight is 2290 g/mol. The molecule has 145 heavy (non-hydrogen) atoms. The van der Waals surface area contributed by atoms with Crippen LogP contribution in [-0.4, -0.2) is 253 Å². The van der Waals surface area contributed by atoms with Crippen LogP contribution in [0.5, 0.6) is 0 Å². The average Bonchev–Trinajstić information content (AvgIpc) is 0.704. The summed E-state index contributed by atoms with van der Waals surface area (Å²) >= 11 is 0. The van der Waals surface area contributed by atoms with Gasteiger partial charge in [0.05, 0.1) is 69.0 Å². The number of hydrogen-bond donors (Lipinski definition) is 2. The monoisotopic (exact) mass is 2290 g/mol. The van der Waals surface area contributed by atoms with E-state index in [0.717, 1.165) is 0 Å². The molecule has 2 amide bonds. The summed E-state index contributed by atoms with van der Waals surface area (Å²) in [6, 6.07) is -0.249. The zero-order valence-corrected chi connectivity index (χ0v) is 66.1. The van der Waals surface area contributed by atoms with E-state index in [4.69, 9.17) is 0 Å². The summed E-state index contributed by atoms with van der Waals surface area (Å²) in [6.07, 6.45) is -47.6. The Morgan fingerprint density at radius 2 is 0.366 bits per heavy atom. The number of ether oxygens (including phenoxy) is 5. The highest BCUT2D eigenvalue weighted by molar-refractivity contribution is 6.08. The van der Waals surface area contributed by atoms with Crippen LogP contribution < -0.4 is 10.6 Å². The van der Waals surface area contributed by atoms with E-state index >= 15 is 0 Å². The summed E-state index contributed by atoms with van der Waals surface area (Å²) in [7, 11) is 0. The largest absolute Gasteiger partial charge is 0.462 e. The predicted molar refractivity (Wildman–Crippen MR) is 323 cm³/mol. The number of anilines is 2. The maximum atomic E-state index is 14.8. The van der Waals surface area contributed by atoms with Crippen LogP contribution in [0.15, 0.2) is 60.7 Å². The van der Waals surface area contributed by atoms with Gasteiger partial charge in [0.1, 0.15) is 6.79 Å². The summed E-state index contributed by atoms with van der Waals surface area (Å²) in [5.74, 6) is -257. The molecule has 0 aliphatic rings. The SMILES string of the molecule is O=C(Nc1cc(COCOCCC(F)(F)C(F)(F)C(F)(F)C(F)(F)C(F)(F)C(F)(F)C(F)(F)C(F)(F)F)cc(C(=O)OCCC(F)(F)C(F)(F)C(F)(F)C(F)(F)C(F)(F)C(F)(F)C(F)(F)C(F)(F)F)c1)c1ccc(C(=O)Nc2cc(C(=O)OCCC(F)(F)C(F)(F)C(F)(F)C(F)(F)C(F)(F)C(F)(F)C(F)(F)C(F)(F)F)cc(C(=O)OCCC(F)(F)C(F)(F)C(F)(F)C(F)(F)C(F)(F)C(F)(F)C(F)(F)C(F)(F)F)c2)cc1. The van der Waals surface area contributed by atoms with E-state index in [1.54, 1.807) is 5.32 Å². The van der Waals surface area contributed by atoms with E-state index in [2.05, 4.69) is 23.7 Å². The van der Waals surface area contributed by atoms with Crippen LogP contribution in [-0.2, 0) is 30.3 Å². The van der Waals surface area contributed by atoms with Crippen molar-refractivity contribution in [1.82, 2.24) is 0 Å². The Morgan fingerprint density at radius 1 is 0.193 bits per heavy atom. The highest BCUT2D eigenvalue weighted by Gasteiger charge is 3.01. The van der Waals surface area contributed by atoms with Gasteiger partial charge in [-0.2, -0.15) is 299 Å². The quantitative estimate of drug-likeness (QED) is 0.0183. The first-order chi connectivity index (χ1) is 63.3. The van der Waals surface area contributed by atoms with Crippen molar-refractivity contribution in [3.05, 3.63) is 94.0 Å². The highest BCUT2D eigenvalue weighted by atomic mass is 19.5. The molecule has 0 aliphatic carbocycles. The molecular weight excluding hydrogens is 2260 g/mol. The maximum absolute atomic E-state index is 14.8. The number of halogens is 68. The van der Waals surface area contributed by atoms with Crippen LogP contribution >= 0.6 is 0 Å². The van der Waals surface area contributed by atoms with Gasteiger partial charge in [0.25, 0.3) is 11.8 Å². The Balaban J connectivity index is 2.24. The van der Waals surface area contributed by atoms with Crippen molar-refractivity contribution in [3.63, 3.8) is 0 Å². The van der Waals surface area contributed by atoms with Gasteiger partial charge in [-0.1, -0.05) is 0 Å². The minimum atomic E-state index is -9.29. The van der Waals surface area contributed by atoms with E-state index < -0.39 is 337 Å². The van der Waals surface area contributed by atoms with Gasteiger partial charge in [0.15, 0.2) is 0 Å². The molecule has 0 spiro atoms. The van der Waals surface area contributed by atoms with Gasteiger partial charge in [0.2, 0.25) is 0 Å². The van der Waals surface area contributed by atoms with Crippen molar-refractivity contribution in [1.29, 1.82) is 0 Å². The van der Waals surface area contributed by atoms with Crippen LogP contribution in [0, 0.1) is 0 Å². The van der Waals surface area contributed by atoms with E-state index in [-0.39, 0.29) is 54.6 Å². The summed E-state index contributed by atoms with van der Waals surface area (Å²) in [4.78, 5) is 66.3. The number of carbonyl (C=O) groups is 5. The van der Waals surface area contributed by atoms with Gasteiger partial charge in [-0.15, -0.1) is 0 Å². The molecule has 2 N–H and O–H groups in total. The Kier molecular flexibility index (Phi) is 34.5. The first-order valence-corrected chi connectivity index (χ1v) is 34.8. The van der Waals surface area contributed by atoms with E-state index in [1.807, 2.05) is 0 Å². The second kappa shape index (κ2) is 38.6. The van der Waals surface area contributed by atoms with E-state index in [1.165, 1.54) is 5.32 Å². The summed E-state index contributed by atoms with van der Waals surface area (Å²) < 4.78 is 962. The number of esters is 3. The third-order valence-electron chi connectivity index (χ3n) is 18.6. The Labute approximate surface area is 747 Å². The van der Waals surface area contributed by atoms with Crippen LogP contribution in [0.4, 0.5) is 310 Å². The molecule has 0 atom stereocenters. The van der Waals surface area contributed by atoms with E-state index in [0.29, 0.717) is 0 Å². The molecule has 3 rings (SSSR count). The Bertz CT molecular complexity index is 4960. The third-order valence-corrected chi connectivity index (χ3v) is 18.6. The van der Waals surface area contributed by atoms with Gasteiger partial charge in [-0.3, -0.25) is 9.59 Å². The minimum Gasteiger partial charge on any atom is -0.462 e. The minimum absolute atomic E-state index is 0.0222. The number of nitrogens with one attached hydrogen (secondary N) is 2. The van der Waals surface area contributed by atoms with Crippen LogP contribution in [0.25, 0.3) is 0 Å². The fourth-order valence-electron chi connectivity index (χ4n) is 10.0. The standard InChI is InChI=1S/C65H32F68N2O10/c66-34(67,38(74,75)42(82,83)46(90,91)50(98,99)54(106,107)58(114,115)62(122,123)124)5-9-141-20-142-19-21-13-24(31(138)143-10-6-35(68,69)39(76,77)43(84,85)47(92,93)51(100,101)55(108,109)59(116,117)63(125,126)127)16-27(14-21)134-29(136)22-1-3-23(4-2-22)30(137)135-28-17-25(32(139)144-11-7-36(70,71)40(78,79)44(86,87)48(94,95)52(102,103)56(110,111)60(118,119)64(128,129)130)15-26(18-28)33(140)145-12-8-37(72,73)41(80,81)45(88,89)49(96,97)53(104,105)57(112,113)61(120,121)65(131,132)133/h1-4,13-18H,5-12,19-20H2,(H,134,136)(H,135,137). The van der Waals surface area contributed by atoms with E-state index in [9.17, 15) is 323 Å². The molecular formula is C65H32F68N2O10. The summed E-state index contributed by atoms with van der Waals surface area (Å²) in [5, 5.41) is 2.91. The molecule has 0 saturated heterocycles. The molecule has 12 nitrogen and oxygen atoms in total. The van der Waals surface area contributed by atoms with Crippen LogP contribution in [0.2, 0.25) is 0 Å². The van der Waals surface area contributed by atoms with Gasteiger partial charge in [-0.05, 0) is 66.2 Å². The number of amides is 2. The third kappa shape index (κ3) is 20.9. The normalized spacial score (nSPS) is 15.5. The van der Waals surface area contributed by atoms with Crippen molar-refractivity contribution in [2.75, 3.05) is 43.9 Å². The van der Waals surface area contributed by atoms with Crippen LogP contribution in [0.3, 0.4) is 0 Å². The molecule has 0 heterocycles. The van der Waals surface area contributed by atoms with Gasteiger partial charge >= 0.3 is 208 Å². The maximum Gasteiger partial charge on any atom is 0.460 e. The molecule has 0 radical (unpaired) electrons. The molecule has 0 unspecified atom stereocenters. The molecule has 0 saturated carbocycles. The molecule has 3 aromatic rings. The number of benzene rings is 3. The Morgan fingerprint density at radius 3 is 0.566 bits per heavy atom. The summed E-state index contributed by atoms with van der Waals surface area (Å²) in [6.45, 7) is -15.3. The lowest BCUT2D eigenvalue weighted by molar-refractivity contribution is -0.462. The molecule has 0 bridgehead atoms. The lowest BCUT2D eigenvalue weighted by Gasteiger charge is -2.42. The second-order valence-corrected chi connectivity index (χ2v) is 28.6. The smallest absolute Gasteiger partial charge is 0.460 e. The zero-order valence-electron chi connectivity index (χ0n) is 66.1. The number of hydrogen-bond acceptors (Lipinski definition) is 10. The summed E-state index contributed by atoms with van der Waals surface area (Å²) in [5.41, 5.74) is -12.3.